The van der Waals surface area contributed by atoms with E-state index in [1.807, 2.05) is 24.4 Å². The molecule has 0 unspecified atom stereocenters. The molecule has 1 aliphatic rings. The molecule has 0 atom stereocenters. The van der Waals surface area contributed by atoms with Gasteiger partial charge in [-0.1, -0.05) is 29.8 Å². The second-order valence-corrected chi connectivity index (χ2v) is 5.75. The zero-order valence-electron chi connectivity index (χ0n) is 11.9. The standard InChI is InChI=1S/C17H19ClN2O/c18-16-5-1-4-14(12-20-15-6-7-15)17(16)21-10-8-13-3-2-9-19-11-13/h1-5,9,11,15,20H,6-8,10,12H2. The van der Waals surface area contributed by atoms with Crippen molar-refractivity contribution < 1.29 is 4.74 Å². The highest BCUT2D eigenvalue weighted by molar-refractivity contribution is 6.32. The Labute approximate surface area is 130 Å². The largest absolute Gasteiger partial charge is 0.491 e. The van der Waals surface area contributed by atoms with Gasteiger partial charge in [0.05, 0.1) is 11.6 Å². The van der Waals surface area contributed by atoms with Gasteiger partial charge in [-0.3, -0.25) is 4.98 Å². The fourth-order valence-electron chi connectivity index (χ4n) is 2.21. The van der Waals surface area contributed by atoms with Crippen LogP contribution in [0.1, 0.15) is 24.0 Å². The highest BCUT2D eigenvalue weighted by atomic mass is 35.5. The lowest BCUT2D eigenvalue weighted by molar-refractivity contribution is 0.317. The summed E-state index contributed by atoms with van der Waals surface area (Å²) in [7, 11) is 0. The average Bonchev–Trinajstić information content (AvgIpc) is 3.33. The highest BCUT2D eigenvalue weighted by Crippen LogP contribution is 2.29. The average molecular weight is 303 g/mol. The Bertz CT molecular complexity index is 585. The van der Waals surface area contributed by atoms with Crippen LogP contribution in [0.4, 0.5) is 0 Å². The smallest absolute Gasteiger partial charge is 0.142 e. The van der Waals surface area contributed by atoms with E-state index in [4.69, 9.17) is 16.3 Å². The molecule has 3 rings (SSSR count). The Kier molecular flexibility index (Phi) is 4.73. The van der Waals surface area contributed by atoms with Gasteiger partial charge in [-0.25, -0.2) is 0 Å². The van der Waals surface area contributed by atoms with E-state index in [-0.39, 0.29) is 0 Å². The topological polar surface area (TPSA) is 34.1 Å². The molecular weight excluding hydrogens is 284 g/mol. The van der Waals surface area contributed by atoms with Gasteiger partial charge >= 0.3 is 0 Å². The van der Waals surface area contributed by atoms with Gasteiger partial charge in [-0.2, -0.15) is 0 Å². The zero-order valence-corrected chi connectivity index (χ0v) is 12.6. The number of aromatic nitrogens is 1. The first-order valence-corrected chi connectivity index (χ1v) is 7.73. The highest BCUT2D eigenvalue weighted by Gasteiger charge is 2.21. The molecule has 0 bridgehead atoms. The number of hydrogen-bond donors (Lipinski definition) is 1. The molecule has 0 saturated heterocycles. The Balaban J connectivity index is 1.60. The molecule has 1 aromatic heterocycles. The summed E-state index contributed by atoms with van der Waals surface area (Å²) < 4.78 is 5.92. The number of benzene rings is 1. The van der Waals surface area contributed by atoms with Crippen LogP contribution in [0.25, 0.3) is 0 Å². The maximum absolute atomic E-state index is 6.28. The summed E-state index contributed by atoms with van der Waals surface area (Å²) in [5.74, 6) is 0.802. The van der Waals surface area contributed by atoms with E-state index >= 15 is 0 Å². The third-order valence-electron chi connectivity index (χ3n) is 3.57. The van der Waals surface area contributed by atoms with Crippen molar-refractivity contribution in [1.82, 2.24) is 10.3 Å². The summed E-state index contributed by atoms with van der Waals surface area (Å²) in [5.41, 5.74) is 2.29. The van der Waals surface area contributed by atoms with E-state index in [1.165, 1.54) is 18.4 Å². The van der Waals surface area contributed by atoms with Crippen LogP contribution in [0.15, 0.2) is 42.7 Å². The van der Waals surface area contributed by atoms with E-state index < -0.39 is 0 Å². The van der Waals surface area contributed by atoms with Crippen molar-refractivity contribution in [2.45, 2.75) is 31.8 Å². The second kappa shape index (κ2) is 6.92. The lowest BCUT2D eigenvalue weighted by Gasteiger charge is -2.13. The van der Waals surface area contributed by atoms with Gasteiger partial charge < -0.3 is 10.1 Å². The van der Waals surface area contributed by atoms with Gasteiger partial charge in [0.15, 0.2) is 0 Å². The Morgan fingerprint density at radius 2 is 2.14 bits per heavy atom. The van der Waals surface area contributed by atoms with Crippen LogP contribution < -0.4 is 10.1 Å². The number of ether oxygens (including phenoxy) is 1. The van der Waals surface area contributed by atoms with E-state index in [1.54, 1.807) is 6.20 Å². The number of halogens is 1. The summed E-state index contributed by atoms with van der Waals surface area (Å²) >= 11 is 6.28. The van der Waals surface area contributed by atoms with Crippen molar-refractivity contribution in [2.24, 2.45) is 0 Å². The maximum atomic E-state index is 6.28. The van der Waals surface area contributed by atoms with Gasteiger partial charge in [0.2, 0.25) is 0 Å². The maximum Gasteiger partial charge on any atom is 0.142 e. The van der Waals surface area contributed by atoms with Crippen LogP contribution in [0.5, 0.6) is 5.75 Å². The first-order valence-electron chi connectivity index (χ1n) is 7.35. The SMILES string of the molecule is Clc1cccc(CNC2CC2)c1OCCc1cccnc1. The lowest BCUT2D eigenvalue weighted by atomic mass is 10.2. The van der Waals surface area contributed by atoms with Crippen molar-refractivity contribution in [3.05, 3.63) is 58.9 Å². The minimum Gasteiger partial charge on any atom is -0.491 e. The zero-order chi connectivity index (χ0) is 14.5. The molecule has 1 saturated carbocycles. The molecule has 1 fully saturated rings. The molecule has 21 heavy (non-hydrogen) atoms. The van der Waals surface area contributed by atoms with Crippen LogP contribution in [0, 0.1) is 0 Å². The van der Waals surface area contributed by atoms with Crippen LogP contribution >= 0.6 is 11.6 Å². The molecule has 3 nitrogen and oxygen atoms in total. The predicted molar refractivity (Wildman–Crippen MR) is 84.7 cm³/mol. The van der Waals surface area contributed by atoms with Crippen molar-refractivity contribution >= 4 is 11.6 Å². The van der Waals surface area contributed by atoms with Crippen molar-refractivity contribution in [3.8, 4) is 5.75 Å². The molecule has 1 aliphatic carbocycles. The molecule has 4 heteroatoms. The summed E-state index contributed by atoms with van der Waals surface area (Å²) in [4.78, 5) is 4.11. The predicted octanol–water partition coefficient (Wildman–Crippen LogP) is 3.61. The van der Waals surface area contributed by atoms with E-state index in [2.05, 4.69) is 22.4 Å². The quantitative estimate of drug-likeness (QED) is 0.848. The normalized spacial score (nSPS) is 14.1. The second-order valence-electron chi connectivity index (χ2n) is 5.34. The van der Waals surface area contributed by atoms with Crippen LogP contribution in [0.3, 0.4) is 0 Å². The third kappa shape index (κ3) is 4.19. The number of nitrogens with one attached hydrogen (secondary N) is 1. The minimum atomic E-state index is 0.603. The van der Waals surface area contributed by atoms with Crippen molar-refractivity contribution in [3.63, 3.8) is 0 Å². The van der Waals surface area contributed by atoms with Crippen molar-refractivity contribution in [1.29, 1.82) is 0 Å². The number of nitrogens with zero attached hydrogens (tertiary/aromatic N) is 1. The van der Waals surface area contributed by atoms with E-state index in [0.717, 1.165) is 24.3 Å². The molecule has 1 N–H and O–H groups in total. The summed E-state index contributed by atoms with van der Waals surface area (Å²) in [6, 6.07) is 10.6. The van der Waals surface area contributed by atoms with Crippen molar-refractivity contribution in [2.75, 3.05) is 6.61 Å². The molecule has 0 radical (unpaired) electrons. The molecule has 1 aromatic carbocycles. The van der Waals surface area contributed by atoms with Gasteiger partial charge in [0.25, 0.3) is 0 Å². The first kappa shape index (κ1) is 14.4. The first-order chi connectivity index (χ1) is 10.3. The molecule has 0 amide bonds. The Morgan fingerprint density at radius 1 is 1.24 bits per heavy atom. The fraction of sp³-hybridized carbons (Fsp3) is 0.353. The van der Waals surface area contributed by atoms with E-state index in [9.17, 15) is 0 Å². The molecule has 2 aromatic rings. The molecule has 0 aliphatic heterocycles. The van der Waals surface area contributed by atoms with Gasteiger partial charge in [-0.05, 0) is 30.5 Å². The van der Waals surface area contributed by atoms with Crippen LogP contribution in [-0.4, -0.2) is 17.6 Å². The Hall–Kier alpha value is -1.58. The van der Waals surface area contributed by atoms with Gasteiger partial charge in [0.1, 0.15) is 5.75 Å². The number of rotatable bonds is 7. The van der Waals surface area contributed by atoms with Gasteiger partial charge in [-0.15, -0.1) is 0 Å². The van der Waals surface area contributed by atoms with Crippen LogP contribution in [0.2, 0.25) is 5.02 Å². The monoisotopic (exact) mass is 302 g/mol. The fourth-order valence-corrected chi connectivity index (χ4v) is 2.46. The summed E-state index contributed by atoms with van der Waals surface area (Å²) in [5, 5.41) is 4.18. The Morgan fingerprint density at radius 3 is 2.90 bits per heavy atom. The summed E-state index contributed by atoms with van der Waals surface area (Å²) in [6.45, 7) is 1.42. The summed E-state index contributed by atoms with van der Waals surface area (Å²) in [6.07, 6.45) is 7.02. The number of hydrogen-bond acceptors (Lipinski definition) is 3. The van der Waals surface area contributed by atoms with Gasteiger partial charge in [0, 0.05) is 37.0 Å². The number of pyridine rings is 1. The molecule has 1 heterocycles. The molecule has 110 valence electrons. The van der Waals surface area contributed by atoms with E-state index in [0.29, 0.717) is 17.7 Å². The third-order valence-corrected chi connectivity index (χ3v) is 3.86. The minimum absolute atomic E-state index is 0.603. The lowest BCUT2D eigenvalue weighted by Crippen LogP contribution is -2.16. The van der Waals surface area contributed by atoms with Crippen LogP contribution in [-0.2, 0) is 13.0 Å². The molecule has 0 spiro atoms. The molecular formula is C17H19ClN2O. The number of para-hydroxylation sites is 1.